The molecule has 2 aliphatic heterocycles. The van der Waals surface area contributed by atoms with Crippen LogP contribution in [0.4, 0.5) is 0 Å². The Labute approximate surface area is 197 Å². The average molecular weight is 449 g/mol. The Morgan fingerprint density at radius 2 is 1.71 bits per heavy atom. The first-order valence-electron chi connectivity index (χ1n) is 12.5. The van der Waals surface area contributed by atoms with E-state index in [-0.39, 0.29) is 11.4 Å². The highest BCUT2D eigenvalue weighted by Crippen LogP contribution is 2.55. The van der Waals surface area contributed by atoms with Gasteiger partial charge in [0.05, 0.1) is 16.6 Å². The highest BCUT2D eigenvalue weighted by Gasteiger charge is 2.49. The monoisotopic (exact) mass is 448 g/mol. The molecule has 5 aromatic rings. The lowest BCUT2D eigenvalue weighted by molar-refractivity contribution is 0.0822. The van der Waals surface area contributed by atoms with Crippen LogP contribution < -0.4 is 10.6 Å². The van der Waals surface area contributed by atoms with Crippen molar-refractivity contribution in [2.24, 2.45) is 5.92 Å². The third kappa shape index (κ3) is 1.93. The minimum Gasteiger partial charge on any atom is -0.348 e. The van der Waals surface area contributed by atoms with E-state index in [0.717, 1.165) is 23.8 Å². The minimum absolute atomic E-state index is 0.0464. The Morgan fingerprint density at radius 1 is 1.00 bits per heavy atom. The molecular formula is C29H28N4O. The van der Waals surface area contributed by atoms with E-state index in [1.54, 1.807) is 0 Å². The van der Waals surface area contributed by atoms with Gasteiger partial charge in [-0.1, -0.05) is 43.3 Å². The van der Waals surface area contributed by atoms with Gasteiger partial charge in [0, 0.05) is 56.7 Å². The Bertz CT molecular complexity index is 1720. The number of carbonyl (C=O) groups excluding carboxylic acids is 1. The molecule has 0 radical (unpaired) electrons. The molecule has 2 bridgehead atoms. The lowest BCUT2D eigenvalue weighted by Crippen LogP contribution is -2.52. The summed E-state index contributed by atoms with van der Waals surface area (Å²) in [5.41, 5.74) is 7.12. The Morgan fingerprint density at radius 3 is 2.47 bits per heavy atom. The van der Waals surface area contributed by atoms with Crippen LogP contribution >= 0.6 is 0 Å². The van der Waals surface area contributed by atoms with Gasteiger partial charge in [0.15, 0.2) is 0 Å². The van der Waals surface area contributed by atoms with Crippen LogP contribution in [-0.2, 0) is 12.1 Å². The van der Waals surface area contributed by atoms with Gasteiger partial charge in [-0.15, -0.1) is 0 Å². The maximum atomic E-state index is 13.3. The zero-order chi connectivity index (χ0) is 22.9. The number of para-hydroxylation sites is 2. The van der Waals surface area contributed by atoms with Gasteiger partial charge in [-0.25, -0.2) is 0 Å². The van der Waals surface area contributed by atoms with Crippen molar-refractivity contribution < 1.29 is 4.79 Å². The van der Waals surface area contributed by atoms with Gasteiger partial charge in [-0.2, -0.15) is 0 Å². The molecule has 3 aliphatic rings. The summed E-state index contributed by atoms with van der Waals surface area (Å²) in [6.45, 7) is 5.49. The van der Waals surface area contributed by atoms with Crippen molar-refractivity contribution in [2.75, 3.05) is 7.05 Å². The standard InChI is InChI=1S/C29H28N4O/c1-15-20(30-3)12-16-13-29(15,2)33-22-11-7-5-9-18(22)23-19-14-31-28(34)25(19)24-17-8-4-6-10-21(17)32(16)26(24)27(23)33/h4-11,15-16,20,30H,12-14H2,1-3H3,(H,31,34)/t15-,16+,20-,29+/m0/s1. The summed E-state index contributed by atoms with van der Waals surface area (Å²) in [5.74, 6) is 0.531. The molecule has 4 atom stereocenters. The second kappa shape index (κ2) is 6.02. The van der Waals surface area contributed by atoms with Crippen LogP contribution in [0.2, 0.25) is 0 Å². The Hall–Kier alpha value is -3.31. The molecule has 5 heteroatoms. The second-order valence-corrected chi connectivity index (χ2v) is 10.9. The molecule has 5 nitrogen and oxygen atoms in total. The molecule has 2 aromatic heterocycles. The fraction of sp³-hybridized carbons (Fsp3) is 0.345. The van der Waals surface area contributed by atoms with Crippen LogP contribution in [-0.4, -0.2) is 28.1 Å². The molecule has 1 fully saturated rings. The molecule has 4 heterocycles. The number of fused-ring (bicyclic) bond motifs is 13. The molecule has 0 saturated heterocycles. The zero-order valence-electron chi connectivity index (χ0n) is 19.8. The van der Waals surface area contributed by atoms with Crippen molar-refractivity contribution in [1.29, 1.82) is 0 Å². The maximum absolute atomic E-state index is 13.3. The minimum atomic E-state index is -0.0464. The first-order chi connectivity index (χ1) is 16.5. The molecular weight excluding hydrogens is 420 g/mol. The second-order valence-electron chi connectivity index (χ2n) is 10.9. The molecule has 170 valence electrons. The van der Waals surface area contributed by atoms with Gasteiger partial charge in [0.2, 0.25) is 0 Å². The van der Waals surface area contributed by atoms with E-state index in [1.807, 2.05) is 0 Å². The van der Waals surface area contributed by atoms with Crippen LogP contribution in [0.1, 0.15) is 48.7 Å². The highest BCUT2D eigenvalue weighted by atomic mass is 16.1. The highest BCUT2D eigenvalue weighted by molar-refractivity contribution is 6.31. The SMILES string of the molecule is CN[C@H]1C[C@@H]2C[C@](C)([C@H]1C)n1c3ccccc3c3c4c(c5c6ccccc6n2c5c31)C(=O)NC4. The van der Waals surface area contributed by atoms with E-state index in [2.05, 4.69) is 89.2 Å². The van der Waals surface area contributed by atoms with E-state index < -0.39 is 0 Å². The van der Waals surface area contributed by atoms with Gasteiger partial charge in [-0.3, -0.25) is 4.79 Å². The molecule has 3 aromatic carbocycles. The predicted octanol–water partition coefficient (Wildman–Crippen LogP) is 5.43. The maximum Gasteiger partial charge on any atom is 0.252 e. The lowest BCUT2D eigenvalue weighted by atomic mass is 9.69. The predicted molar refractivity (Wildman–Crippen MR) is 138 cm³/mol. The Balaban J connectivity index is 1.74. The summed E-state index contributed by atoms with van der Waals surface area (Å²) < 4.78 is 5.28. The number of hydrogen-bond acceptors (Lipinski definition) is 2. The fourth-order valence-corrected chi connectivity index (χ4v) is 7.93. The molecule has 0 unspecified atom stereocenters. The number of rotatable bonds is 1. The van der Waals surface area contributed by atoms with Crippen molar-refractivity contribution in [3.63, 3.8) is 0 Å². The molecule has 1 aliphatic carbocycles. The van der Waals surface area contributed by atoms with Crippen LogP contribution in [0.3, 0.4) is 0 Å². The van der Waals surface area contributed by atoms with Crippen LogP contribution in [0.25, 0.3) is 43.6 Å². The molecule has 8 rings (SSSR count). The number of nitrogens with zero attached hydrogens (tertiary/aromatic N) is 2. The van der Waals surface area contributed by atoms with Crippen molar-refractivity contribution in [2.45, 2.75) is 50.9 Å². The summed E-state index contributed by atoms with van der Waals surface area (Å²) in [6.07, 6.45) is 2.17. The molecule has 1 saturated carbocycles. The van der Waals surface area contributed by atoms with E-state index in [9.17, 15) is 4.79 Å². The normalized spacial score (nSPS) is 27.7. The van der Waals surface area contributed by atoms with Crippen molar-refractivity contribution in [3.05, 3.63) is 59.7 Å². The van der Waals surface area contributed by atoms with Gasteiger partial charge in [-0.05, 0) is 50.4 Å². The molecule has 2 N–H and O–H groups in total. The zero-order valence-corrected chi connectivity index (χ0v) is 19.8. The van der Waals surface area contributed by atoms with Crippen LogP contribution in [0.5, 0.6) is 0 Å². The molecule has 34 heavy (non-hydrogen) atoms. The summed E-state index contributed by atoms with van der Waals surface area (Å²) in [7, 11) is 2.11. The number of benzene rings is 3. The average Bonchev–Trinajstić information content (AvgIpc) is 3.48. The first-order valence-corrected chi connectivity index (χ1v) is 12.5. The van der Waals surface area contributed by atoms with Gasteiger partial charge in [0.1, 0.15) is 0 Å². The van der Waals surface area contributed by atoms with E-state index in [1.165, 1.54) is 43.8 Å². The fourth-order valence-electron chi connectivity index (χ4n) is 7.93. The smallest absolute Gasteiger partial charge is 0.252 e. The number of amides is 1. The van der Waals surface area contributed by atoms with Gasteiger partial charge in [0.25, 0.3) is 5.91 Å². The van der Waals surface area contributed by atoms with E-state index >= 15 is 0 Å². The third-order valence-electron chi connectivity index (χ3n) is 9.52. The number of nitrogens with one attached hydrogen (secondary N) is 2. The number of hydrogen-bond donors (Lipinski definition) is 2. The van der Waals surface area contributed by atoms with Crippen molar-refractivity contribution >= 4 is 49.5 Å². The van der Waals surface area contributed by atoms with Crippen molar-refractivity contribution in [1.82, 2.24) is 19.8 Å². The summed E-state index contributed by atoms with van der Waals surface area (Å²) >= 11 is 0. The summed E-state index contributed by atoms with van der Waals surface area (Å²) in [5, 5.41) is 11.7. The summed E-state index contributed by atoms with van der Waals surface area (Å²) in [6, 6.07) is 18.3. The number of aromatic nitrogens is 2. The topological polar surface area (TPSA) is 51.0 Å². The third-order valence-corrected chi connectivity index (χ3v) is 9.52. The van der Waals surface area contributed by atoms with E-state index in [4.69, 9.17) is 0 Å². The lowest BCUT2D eigenvalue weighted by Gasteiger charge is -2.48. The largest absolute Gasteiger partial charge is 0.348 e. The Kier molecular flexibility index (Phi) is 3.37. The van der Waals surface area contributed by atoms with Crippen LogP contribution in [0, 0.1) is 5.92 Å². The van der Waals surface area contributed by atoms with Gasteiger partial charge < -0.3 is 19.8 Å². The number of carbonyl (C=O) groups is 1. The molecule has 1 amide bonds. The summed E-state index contributed by atoms with van der Waals surface area (Å²) in [4.78, 5) is 13.3. The van der Waals surface area contributed by atoms with Gasteiger partial charge >= 0.3 is 0 Å². The first kappa shape index (κ1) is 19.0. The van der Waals surface area contributed by atoms with E-state index in [0.29, 0.717) is 24.5 Å². The van der Waals surface area contributed by atoms with Crippen LogP contribution in [0.15, 0.2) is 48.5 Å². The quantitative estimate of drug-likeness (QED) is 0.359. The molecule has 0 spiro atoms. The van der Waals surface area contributed by atoms with Crippen molar-refractivity contribution in [3.8, 4) is 0 Å².